The van der Waals surface area contributed by atoms with Gasteiger partial charge in [0.1, 0.15) is 6.26 Å². The second-order valence-electron chi connectivity index (χ2n) is 8.06. The van der Waals surface area contributed by atoms with Crippen molar-refractivity contribution in [2.45, 2.75) is 58.5 Å². The van der Waals surface area contributed by atoms with Crippen LogP contribution in [0.25, 0.3) is 0 Å². The van der Waals surface area contributed by atoms with Gasteiger partial charge in [-0.1, -0.05) is 55.5 Å². The lowest BCUT2D eigenvalue weighted by Gasteiger charge is -2.29. The minimum absolute atomic E-state index is 0.00822. The largest absolute Gasteiger partial charge is 0.447 e. The fourth-order valence-corrected chi connectivity index (χ4v) is 3.49. The molecular weight excluding hydrogens is 431 g/mol. The average Bonchev–Trinajstić information content (AvgIpc) is 3.27. The Balaban J connectivity index is 1.87. The molecule has 5 nitrogen and oxygen atoms in total. The molecule has 2 atom stereocenters. The number of nitrogens with one attached hydrogen (secondary N) is 1. The molecule has 0 unspecified atom stereocenters. The van der Waals surface area contributed by atoms with E-state index >= 15 is 0 Å². The van der Waals surface area contributed by atoms with Gasteiger partial charge in [-0.05, 0) is 37.5 Å². The van der Waals surface area contributed by atoms with Gasteiger partial charge in [-0.25, -0.2) is 4.98 Å². The van der Waals surface area contributed by atoms with E-state index in [1.54, 1.807) is 6.07 Å². The molecule has 0 spiro atoms. The van der Waals surface area contributed by atoms with Crippen LogP contribution in [-0.2, 0) is 19.3 Å². The molecule has 33 heavy (non-hydrogen) atoms. The van der Waals surface area contributed by atoms with Crippen LogP contribution in [0.3, 0.4) is 0 Å². The standard InChI is InChI=1S/C25H28F3N3O2/c1-4-17(2)29-24(32)22-16-33-23(30-22)15-31(18(3)19-10-6-5-7-11-19)14-20-12-8-9-13-21(20)25(26,27)28/h5-13,16-18H,4,14-15H2,1-3H3,(H,29,32)/t17-,18+/m0/s1. The zero-order chi connectivity index (χ0) is 24.0. The van der Waals surface area contributed by atoms with E-state index in [0.29, 0.717) is 0 Å². The maximum atomic E-state index is 13.6. The monoisotopic (exact) mass is 459 g/mol. The van der Waals surface area contributed by atoms with Crippen molar-refractivity contribution in [2.75, 3.05) is 0 Å². The summed E-state index contributed by atoms with van der Waals surface area (Å²) >= 11 is 0. The van der Waals surface area contributed by atoms with Crippen LogP contribution in [0.1, 0.15) is 66.3 Å². The van der Waals surface area contributed by atoms with Crippen molar-refractivity contribution < 1.29 is 22.4 Å². The molecule has 0 saturated heterocycles. The van der Waals surface area contributed by atoms with E-state index < -0.39 is 11.7 Å². The third-order valence-corrected chi connectivity index (χ3v) is 5.64. The van der Waals surface area contributed by atoms with Gasteiger partial charge in [0.2, 0.25) is 5.89 Å². The van der Waals surface area contributed by atoms with Crippen LogP contribution in [0.2, 0.25) is 0 Å². The first-order valence-electron chi connectivity index (χ1n) is 10.9. The van der Waals surface area contributed by atoms with Gasteiger partial charge in [0.25, 0.3) is 5.91 Å². The van der Waals surface area contributed by atoms with Crippen LogP contribution in [0.15, 0.2) is 65.3 Å². The SMILES string of the molecule is CC[C@H](C)NC(=O)c1coc(CN(Cc2ccccc2C(F)(F)F)[C@H](C)c2ccccc2)n1. The van der Waals surface area contributed by atoms with Crippen molar-refractivity contribution in [3.8, 4) is 0 Å². The number of alkyl halides is 3. The second-order valence-corrected chi connectivity index (χ2v) is 8.06. The van der Waals surface area contributed by atoms with E-state index in [2.05, 4.69) is 10.3 Å². The third-order valence-electron chi connectivity index (χ3n) is 5.64. The first-order valence-corrected chi connectivity index (χ1v) is 10.9. The van der Waals surface area contributed by atoms with Gasteiger partial charge in [-0.15, -0.1) is 0 Å². The summed E-state index contributed by atoms with van der Waals surface area (Å²) in [7, 11) is 0. The van der Waals surface area contributed by atoms with Gasteiger partial charge in [0.05, 0.1) is 12.1 Å². The first kappa shape index (κ1) is 24.5. The average molecular weight is 460 g/mol. The number of hydrogen-bond donors (Lipinski definition) is 1. The Hall–Kier alpha value is -3.13. The zero-order valence-electron chi connectivity index (χ0n) is 18.9. The third kappa shape index (κ3) is 6.44. The Kier molecular flexibility index (Phi) is 7.92. The fourth-order valence-electron chi connectivity index (χ4n) is 3.49. The summed E-state index contributed by atoms with van der Waals surface area (Å²) in [5.74, 6) is -0.0824. The molecule has 0 aliphatic heterocycles. The number of oxazole rings is 1. The van der Waals surface area contributed by atoms with Crippen LogP contribution in [-0.4, -0.2) is 21.8 Å². The molecule has 0 aliphatic carbocycles. The quantitative estimate of drug-likeness (QED) is 0.427. The molecular formula is C25H28F3N3O2. The van der Waals surface area contributed by atoms with Crippen LogP contribution >= 0.6 is 0 Å². The number of aromatic nitrogens is 1. The molecule has 1 N–H and O–H groups in total. The summed E-state index contributed by atoms with van der Waals surface area (Å²) in [5.41, 5.74) is 0.585. The van der Waals surface area contributed by atoms with E-state index in [1.807, 2.05) is 56.0 Å². The Morgan fingerprint density at radius 3 is 2.39 bits per heavy atom. The number of rotatable bonds is 9. The highest BCUT2D eigenvalue weighted by Gasteiger charge is 2.34. The zero-order valence-corrected chi connectivity index (χ0v) is 18.9. The topological polar surface area (TPSA) is 58.4 Å². The maximum Gasteiger partial charge on any atom is 0.416 e. The summed E-state index contributed by atoms with van der Waals surface area (Å²) in [6.07, 6.45) is -2.40. The van der Waals surface area contributed by atoms with Gasteiger partial charge >= 0.3 is 6.18 Å². The molecule has 176 valence electrons. The predicted molar refractivity (Wildman–Crippen MR) is 119 cm³/mol. The van der Waals surface area contributed by atoms with E-state index in [1.165, 1.54) is 18.4 Å². The van der Waals surface area contributed by atoms with Gasteiger partial charge < -0.3 is 9.73 Å². The molecule has 8 heteroatoms. The number of carbonyl (C=O) groups excluding carboxylic acids is 1. The Labute approximate surface area is 191 Å². The summed E-state index contributed by atoms with van der Waals surface area (Å²) in [4.78, 5) is 18.5. The molecule has 1 amide bonds. The number of amides is 1. The van der Waals surface area contributed by atoms with E-state index in [9.17, 15) is 18.0 Å². The van der Waals surface area contributed by atoms with Crippen LogP contribution in [0.5, 0.6) is 0 Å². The minimum atomic E-state index is -4.46. The van der Waals surface area contributed by atoms with Crippen molar-refractivity contribution in [2.24, 2.45) is 0 Å². The number of halogens is 3. The summed E-state index contributed by atoms with van der Waals surface area (Å²) in [6, 6.07) is 14.8. The predicted octanol–water partition coefficient (Wildman–Crippen LogP) is 5.99. The number of nitrogens with zero attached hydrogens (tertiary/aromatic N) is 2. The highest BCUT2D eigenvalue weighted by Crippen LogP contribution is 2.34. The Morgan fingerprint density at radius 1 is 1.06 bits per heavy atom. The van der Waals surface area contributed by atoms with Crippen LogP contribution in [0, 0.1) is 0 Å². The molecule has 0 bridgehead atoms. The van der Waals surface area contributed by atoms with E-state index in [0.717, 1.165) is 18.1 Å². The Morgan fingerprint density at radius 2 is 1.73 bits per heavy atom. The molecule has 1 aromatic heterocycles. The van der Waals surface area contributed by atoms with Gasteiger partial charge in [-0.2, -0.15) is 13.2 Å². The highest BCUT2D eigenvalue weighted by atomic mass is 19.4. The molecule has 2 aromatic carbocycles. The van der Waals surface area contributed by atoms with Gasteiger partial charge in [-0.3, -0.25) is 9.69 Å². The summed E-state index contributed by atoms with van der Waals surface area (Å²) in [5, 5.41) is 2.82. The van der Waals surface area contributed by atoms with Crippen molar-refractivity contribution in [1.29, 1.82) is 0 Å². The molecule has 1 heterocycles. The first-order chi connectivity index (χ1) is 15.7. The summed E-state index contributed by atoms with van der Waals surface area (Å²) in [6.45, 7) is 5.94. The normalized spacial score (nSPS) is 13.7. The molecule has 0 radical (unpaired) electrons. The van der Waals surface area contributed by atoms with Crippen molar-refractivity contribution in [3.05, 3.63) is 89.1 Å². The summed E-state index contributed by atoms with van der Waals surface area (Å²) < 4.78 is 46.3. The fraction of sp³-hybridized carbons (Fsp3) is 0.360. The second kappa shape index (κ2) is 10.7. The van der Waals surface area contributed by atoms with Gasteiger partial charge in [0.15, 0.2) is 5.69 Å². The molecule has 0 saturated carbocycles. The van der Waals surface area contributed by atoms with E-state index in [4.69, 9.17) is 4.42 Å². The van der Waals surface area contributed by atoms with Crippen LogP contribution in [0.4, 0.5) is 13.2 Å². The molecule has 0 fully saturated rings. The molecule has 0 aliphatic rings. The smallest absolute Gasteiger partial charge is 0.416 e. The lowest BCUT2D eigenvalue weighted by Crippen LogP contribution is -2.32. The lowest BCUT2D eigenvalue weighted by molar-refractivity contribution is -0.138. The lowest BCUT2D eigenvalue weighted by atomic mass is 10.0. The van der Waals surface area contributed by atoms with Crippen molar-refractivity contribution >= 4 is 5.91 Å². The molecule has 3 rings (SSSR count). The van der Waals surface area contributed by atoms with Gasteiger partial charge in [0, 0.05) is 18.6 Å². The molecule has 3 aromatic rings. The Bertz CT molecular complexity index is 1050. The minimum Gasteiger partial charge on any atom is -0.447 e. The highest BCUT2D eigenvalue weighted by molar-refractivity contribution is 5.92. The number of benzene rings is 2. The maximum absolute atomic E-state index is 13.6. The van der Waals surface area contributed by atoms with Crippen LogP contribution < -0.4 is 5.32 Å². The number of hydrogen-bond acceptors (Lipinski definition) is 4. The van der Waals surface area contributed by atoms with Crippen molar-refractivity contribution in [3.63, 3.8) is 0 Å². The van der Waals surface area contributed by atoms with E-state index in [-0.39, 0.29) is 48.2 Å². The van der Waals surface area contributed by atoms with Crippen molar-refractivity contribution in [1.82, 2.24) is 15.2 Å². The number of carbonyl (C=O) groups is 1.